The number of carbonyl (C=O) groups is 1. The predicted octanol–water partition coefficient (Wildman–Crippen LogP) is -0.999. The van der Waals surface area contributed by atoms with Gasteiger partial charge in [-0.3, -0.25) is 20.3 Å². The van der Waals surface area contributed by atoms with Crippen LogP contribution in [0.5, 0.6) is 0 Å². The summed E-state index contributed by atoms with van der Waals surface area (Å²) in [5.41, 5.74) is 9.20. The molecule has 4 rings (SSSR count). The standard InChI is InChI=1S/C17H32FN7O/c1-10-20-8-13(25(10)12-5-3-2-4-6-12)22-17(26)14-15(19)23-24-9-11(18)7-21-16(14)24/h10-16,20-21,23H,2-9,19H2,1H3,(H,22,26). The van der Waals surface area contributed by atoms with E-state index in [0.717, 1.165) is 6.54 Å². The van der Waals surface area contributed by atoms with E-state index in [9.17, 15) is 9.18 Å². The average molecular weight is 369 g/mol. The first-order chi connectivity index (χ1) is 12.5. The number of hydrogen-bond donors (Lipinski definition) is 5. The van der Waals surface area contributed by atoms with Gasteiger partial charge in [0.15, 0.2) is 0 Å². The molecule has 3 heterocycles. The van der Waals surface area contributed by atoms with Crippen LogP contribution < -0.4 is 27.1 Å². The minimum atomic E-state index is -0.950. The Bertz CT molecular complexity index is 517. The zero-order chi connectivity index (χ0) is 18.3. The number of nitrogens with two attached hydrogens (primary N) is 1. The lowest BCUT2D eigenvalue weighted by molar-refractivity contribution is -0.129. The summed E-state index contributed by atoms with van der Waals surface area (Å²) in [5.74, 6) is -0.504. The second-order valence-electron chi connectivity index (χ2n) is 8.13. The molecule has 0 spiro atoms. The summed E-state index contributed by atoms with van der Waals surface area (Å²) in [5, 5.41) is 11.5. The van der Waals surface area contributed by atoms with Crippen LogP contribution in [0.3, 0.4) is 0 Å². The van der Waals surface area contributed by atoms with E-state index in [0.29, 0.717) is 6.04 Å². The zero-order valence-corrected chi connectivity index (χ0v) is 15.5. The van der Waals surface area contributed by atoms with Gasteiger partial charge in [-0.25, -0.2) is 14.8 Å². The summed E-state index contributed by atoms with van der Waals surface area (Å²) in [7, 11) is 0. The molecule has 6 N–H and O–H groups in total. The van der Waals surface area contributed by atoms with Gasteiger partial charge >= 0.3 is 0 Å². The third kappa shape index (κ3) is 3.48. The van der Waals surface area contributed by atoms with Gasteiger partial charge < -0.3 is 11.1 Å². The normalized spacial score (nSPS) is 42.7. The van der Waals surface area contributed by atoms with E-state index in [2.05, 4.69) is 33.2 Å². The van der Waals surface area contributed by atoms with Crippen LogP contribution in [0, 0.1) is 5.92 Å². The molecule has 0 aromatic heterocycles. The Morgan fingerprint density at radius 3 is 2.73 bits per heavy atom. The first-order valence-corrected chi connectivity index (χ1v) is 10.0. The van der Waals surface area contributed by atoms with Gasteiger partial charge in [0.2, 0.25) is 5.91 Å². The third-order valence-electron chi connectivity index (χ3n) is 6.34. The lowest BCUT2D eigenvalue weighted by Crippen LogP contribution is -2.60. The van der Waals surface area contributed by atoms with Crippen molar-refractivity contribution in [3.05, 3.63) is 0 Å². The number of nitrogens with zero attached hydrogens (tertiary/aromatic N) is 2. The molecule has 6 atom stereocenters. The zero-order valence-electron chi connectivity index (χ0n) is 15.5. The number of hydrazine groups is 1. The molecule has 0 aromatic carbocycles. The van der Waals surface area contributed by atoms with E-state index >= 15 is 0 Å². The number of nitrogens with one attached hydrogen (secondary N) is 4. The number of halogens is 1. The van der Waals surface area contributed by atoms with Crippen LogP contribution in [-0.4, -0.2) is 72.3 Å². The van der Waals surface area contributed by atoms with E-state index in [4.69, 9.17) is 5.73 Å². The first kappa shape index (κ1) is 18.5. The van der Waals surface area contributed by atoms with E-state index < -0.39 is 18.3 Å². The molecule has 1 aliphatic carbocycles. The maximum atomic E-state index is 13.6. The Hall–Kier alpha value is -0.840. The Morgan fingerprint density at radius 2 is 1.96 bits per heavy atom. The van der Waals surface area contributed by atoms with Crippen LogP contribution >= 0.6 is 0 Å². The fourth-order valence-corrected chi connectivity index (χ4v) is 5.08. The fourth-order valence-electron chi connectivity index (χ4n) is 5.08. The molecular formula is C17H32FN7O. The van der Waals surface area contributed by atoms with Gasteiger partial charge in [0.05, 0.1) is 30.6 Å². The number of amides is 1. The van der Waals surface area contributed by atoms with Crippen molar-refractivity contribution in [2.45, 2.75) is 75.9 Å². The van der Waals surface area contributed by atoms with E-state index in [-0.39, 0.29) is 37.5 Å². The summed E-state index contributed by atoms with van der Waals surface area (Å²) in [6, 6.07) is 0.519. The van der Waals surface area contributed by atoms with Crippen molar-refractivity contribution in [1.82, 2.24) is 31.3 Å². The lowest BCUT2D eigenvalue weighted by atomic mass is 9.93. The Balaban J connectivity index is 1.42. The highest BCUT2D eigenvalue weighted by Gasteiger charge is 2.48. The van der Waals surface area contributed by atoms with Crippen molar-refractivity contribution in [2.75, 3.05) is 19.6 Å². The Labute approximate surface area is 154 Å². The minimum absolute atomic E-state index is 0.0145. The number of carbonyl (C=O) groups excluding carboxylic acids is 1. The van der Waals surface area contributed by atoms with Crippen LogP contribution in [0.15, 0.2) is 0 Å². The molecule has 6 unspecified atom stereocenters. The van der Waals surface area contributed by atoms with Crippen LogP contribution in [0.1, 0.15) is 39.0 Å². The highest BCUT2D eigenvalue weighted by atomic mass is 19.1. The Kier molecular flexibility index (Phi) is 5.45. The van der Waals surface area contributed by atoms with Crippen molar-refractivity contribution in [1.29, 1.82) is 0 Å². The Morgan fingerprint density at radius 1 is 1.19 bits per heavy atom. The number of fused-ring (bicyclic) bond motifs is 1. The highest BCUT2D eigenvalue weighted by molar-refractivity contribution is 5.80. The molecule has 0 aromatic rings. The summed E-state index contributed by atoms with van der Waals surface area (Å²) in [6.45, 7) is 3.42. The molecule has 3 aliphatic heterocycles. The number of hydrogen-bond acceptors (Lipinski definition) is 7. The second kappa shape index (κ2) is 7.65. The van der Waals surface area contributed by atoms with Gasteiger partial charge in [-0.05, 0) is 19.8 Å². The molecule has 9 heteroatoms. The van der Waals surface area contributed by atoms with Gasteiger partial charge in [-0.15, -0.1) is 0 Å². The van der Waals surface area contributed by atoms with Crippen molar-refractivity contribution in [3.63, 3.8) is 0 Å². The second-order valence-corrected chi connectivity index (χ2v) is 8.13. The quantitative estimate of drug-likeness (QED) is 0.435. The first-order valence-electron chi connectivity index (χ1n) is 10.0. The van der Waals surface area contributed by atoms with Crippen LogP contribution in [0.2, 0.25) is 0 Å². The summed E-state index contributed by atoms with van der Waals surface area (Å²) >= 11 is 0. The topological polar surface area (TPSA) is 97.7 Å². The molecule has 4 aliphatic rings. The van der Waals surface area contributed by atoms with Crippen molar-refractivity contribution >= 4 is 5.91 Å². The molecule has 3 saturated heterocycles. The third-order valence-corrected chi connectivity index (χ3v) is 6.34. The molecule has 4 fully saturated rings. The highest BCUT2D eigenvalue weighted by Crippen LogP contribution is 2.28. The van der Waals surface area contributed by atoms with Crippen LogP contribution in [0.4, 0.5) is 4.39 Å². The lowest BCUT2D eigenvalue weighted by Gasteiger charge is -2.38. The van der Waals surface area contributed by atoms with Crippen molar-refractivity contribution < 1.29 is 9.18 Å². The van der Waals surface area contributed by atoms with Crippen molar-refractivity contribution in [3.8, 4) is 0 Å². The average Bonchev–Trinajstić information content (AvgIpc) is 3.14. The predicted molar refractivity (Wildman–Crippen MR) is 96.1 cm³/mol. The van der Waals surface area contributed by atoms with E-state index in [1.807, 2.05) is 0 Å². The van der Waals surface area contributed by atoms with Crippen molar-refractivity contribution in [2.24, 2.45) is 11.7 Å². The van der Waals surface area contributed by atoms with Crippen LogP contribution in [-0.2, 0) is 4.79 Å². The molecular weight excluding hydrogens is 337 g/mol. The molecule has 0 bridgehead atoms. The van der Waals surface area contributed by atoms with Gasteiger partial charge in [0, 0.05) is 25.7 Å². The maximum Gasteiger partial charge on any atom is 0.230 e. The van der Waals surface area contributed by atoms with E-state index in [1.165, 1.54) is 32.1 Å². The summed E-state index contributed by atoms with van der Waals surface area (Å²) in [6.07, 6.45) is 4.75. The van der Waals surface area contributed by atoms with Gasteiger partial charge in [-0.1, -0.05) is 19.3 Å². The maximum absolute atomic E-state index is 13.6. The molecule has 148 valence electrons. The van der Waals surface area contributed by atoms with Gasteiger partial charge in [-0.2, -0.15) is 0 Å². The monoisotopic (exact) mass is 369 g/mol. The smallest absolute Gasteiger partial charge is 0.230 e. The molecule has 26 heavy (non-hydrogen) atoms. The molecule has 1 saturated carbocycles. The largest absolute Gasteiger partial charge is 0.339 e. The van der Waals surface area contributed by atoms with Gasteiger partial charge in [0.25, 0.3) is 0 Å². The minimum Gasteiger partial charge on any atom is -0.339 e. The molecule has 0 radical (unpaired) electrons. The van der Waals surface area contributed by atoms with Crippen LogP contribution in [0.25, 0.3) is 0 Å². The molecule has 8 nitrogen and oxygen atoms in total. The number of alkyl halides is 1. The summed E-state index contributed by atoms with van der Waals surface area (Å²) < 4.78 is 13.6. The summed E-state index contributed by atoms with van der Waals surface area (Å²) in [4.78, 5) is 15.5. The van der Waals surface area contributed by atoms with Gasteiger partial charge in [0.1, 0.15) is 6.17 Å². The fraction of sp³-hybridized carbons (Fsp3) is 0.941. The molecule has 1 amide bonds. The SMILES string of the molecule is CC1NCC(NC(=O)C2C(N)NN3CC(F)CNC23)N1C1CCCCC1. The number of rotatable bonds is 3. The van der Waals surface area contributed by atoms with E-state index in [1.54, 1.807) is 5.01 Å².